The van der Waals surface area contributed by atoms with Crippen LogP contribution in [0, 0.1) is 18.8 Å². The zero-order valence-electron chi connectivity index (χ0n) is 17.2. The molecule has 1 spiro atoms. The highest BCUT2D eigenvalue weighted by atomic mass is 16.5. The maximum atomic E-state index is 13.4. The molecule has 0 saturated carbocycles. The first-order chi connectivity index (χ1) is 15.0. The molecule has 8 nitrogen and oxygen atoms in total. The van der Waals surface area contributed by atoms with Crippen molar-refractivity contribution in [3.8, 4) is 0 Å². The van der Waals surface area contributed by atoms with Crippen molar-refractivity contribution < 1.29 is 14.3 Å². The molecule has 2 aromatic rings. The van der Waals surface area contributed by atoms with Gasteiger partial charge in [0.1, 0.15) is 5.60 Å². The van der Waals surface area contributed by atoms with E-state index in [1.165, 1.54) is 0 Å². The van der Waals surface area contributed by atoms with E-state index in [4.69, 9.17) is 4.74 Å². The predicted octanol–water partition coefficient (Wildman–Crippen LogP) is 1.09. The molecule has 2 amide bonds. The van der Waals surface area contributed by atoms with Crippen LogP contribution in [0.1, 0.15) is 22.9 Å². The van der Waals surface area contributed by atoms with E-state index >= 15 is 0 Å². The molecule has 3 fully saturated rings. The van der Waals surface area contributed by atoms with Crippen LogP contribution in [0.4, 0.5) is 0 Å². The Bertz CT molecular complexity index is 1070. The highest BCUT2D eigenvalue weighted by Crippen LogP contribution is 2.53. The lowest BCUT2D eigenvalue weighted by Gasteiger charge is -2.42. The fourth-order valence-corrected chi connectivity index (χ4v) is 5.39. The number of amides is 2. The average molecular weight is 417 g/mol. The molecule has 0 aliphatic carbocycles. The number of carbonyl (C=O) groups is 2. The molecular formula is C23H23N5O3. The van der Waals surface area contributed by atoms with E-state index in [0.717, 1.165) is 17.0 Å². The van der Waals surface area contributed by atoms with Crippen molar-refractivity contribution in [2.75, 3.05) is 19.6 Å². The Balaban J connectivity index is 1.18. The minimum atomic E-state index is -0.701. The third-order valence-corrected chi connectivity index (χ3v) is 7.00. The van der Waals surface area contributed by atoms with Gasteiger partial charge in [-0.1, -0.05) is 18.2 Å². The lowest BCUT2D eigenvalue weighted by atomic mass is 9.75. The average Bonchev–Trinajstić information content (AvgIpc) is 3.38. The Morgan fingerprint density at radius 1 is 1.26 bits per heavy atom. The monoisotopic (exact) mass is 417 g/mol. The smallest absolute Gasteiger partial charge is 0.230 e. The van der Waals surface area contributed by atoms with E-state index in [1.807, 2.05) is 42.3 Å². The first-order valence-electron chi connectivity index (χ1n) is 10.7. The van der Waals surface area contributed by atoms with Crippen molar-refractivity contribution in [2.45, 2.75) is 31.1 Å². The van der Waals surface area contributed by atoms with Crippen molar-refractivity contribution in [1.29, 1.82) is 0 Å². The quantitative estimate of drug-likeness (QED) is 0.692. The largest absolute Gasteiger partial charge is 0.360 e. The molecule has 2 bridgehead atoms. The summed E-state index contributed by atoms with van der Waals surface area (Å²) in [5.74, 6) is -0.631. The Labute approximate surface area is 179 Å². The Morgan fingerprint density at radius 2 is 2.13 bits per heavy atom. The van der Waals surface area contributed by atoms with Gasteiger partial charge in [-0.3, -0.25) is 24.5 Å². The molecule has 31 heavy (non-hydrogen) atoms. The second kappa shape index (κ2) is 6.68. The molecule has 6 heterocycles. The number of nitrogens with zero attached hydrogens (tertiary/aromatic N) is 5. The number of likely N-dealkylation sites (tertiary alicyclic amines) is 2. The normalized spacial score (nSPS) is 31.3. The summed E-state index contributed by atoms with van der Waals surface area (Å²) in [6.07, 6.45) is 10.6. The van der Waals surface area contributed by atoms with E-state index in [9.17, 15) is 9.59 Å². The summed E-state index contributed by atoms with van der Waals surface area (Å²) in [5.41, 5.74) is 2.02. The SMILES string of the molecule is Cc1cnc(CN2C[C@]34C=C[C@H](O3)[C@@H](C(=O)N3CC(c5cccnc5)C3)[C@@H]4C2=O)cn1. The van der Waals surface area contributed by atoms with Crippen LogP contribution >= 0.6 is 0 Å². The first-order valence-corrected chi connectivity index (χ1v) is 10.7. The number of aromatic nitrogens is 3. The van der Waals surface area contributed by atoms with Crippen LogP contribution in [0.15, 0.2) is 49.1 Å². The van der Waals surface area contributed by atoms with Gasteiger partial charge >= 0.3 is 0 Å². The third-order valence-electron chi connectivity index (χ3n) is 7.00. The van der Waals surface area contributed by atoms with E-state index < -0.39 is 17.4 Å². The maximum Gasteiger partial charge on any atom is 0.230 e. The van der Waals surface area contributed by atoms with Gasteiger partial charge in [-0.25, -0.2) is 0 Å². The van der Waals surface area contributed by atoms with Gasteiger partial charge in [-0.15, -0.1) is 0 Å². The van der Waals surface area contributed by atoms with Crippen LogP contribution in [-0.4, -0.2) is 67.9 Å². The molecule has 4 aliphatic rings. The van der Waals surface area contributed by atoms with Crippen molar-refractivity contribution in [3.63, 3.8) is 0 Å². The van der Waals surface area contributed by atoms with Gasteiger partial charge < -0.3 is 14.5 Å². The topological polar surface area (TPSA) is 88.5 Å². The number of ether oxygens (including phenoxy) is 1. The second-order valence-electron chi connectivity index (χ2n) is 8.97. The fraction of sp³-hybridized carbons (Fsp3) is 0.435. The molecule has 8 heteroatoms. The van der Waals surface area contributed by atoms with Gasteiger partial charge in [0.05, 0.1) is 48.6 Å². The molecule has 0 unspecified atom stereocenters. The van der Waals surface area contributed by atoms with Crippen LogP contribution in [0.2, 0.25) is 0 Å². The number of hydrogen-bond acceptors (Lipinski definition) is 6. The van der Waals surface area contributed by atoms with Gasteiger partial charge in [-0.2, -0.15) is 0 Å². The lowest BCUT2D eigenvalue weighted by Crippen LogP contribution is -2.54. The maximum absolute atomic E-state index is 13.4. The number of pyridine rings is 1. The summed E-state index contributed by atoms with van der Waals surface area (Å²) in [4.78, 5) is 43.2. The fourth-order valence-electron chi connectivity index (χ4n) is 5.39. The first kappa shape index (κ1) is 18.6. The molecule has 0 aromatic carbocycles. The van der Waals surface area contributed by atoms with Gasteiger partial charge in [0.25, 0.3) is 0 Å². The van der Waals surface area contributed by atoms with Crippen LogP contribution in [0.3, 0.4) is 0 Å². The van der Waals surface area contributed by atoms with Crippen molar-refractivity contribution in [2.24, 2.45) is 11.8 Å². The minimum Gasteiger partial charge on any atom is -0.360 e. The molecule has 158 valence electrons. The van der Waals surface area contributed by atoms with E-state index in [1.54, 1.807) is 23.5 Å². The molecular weight excluding hydrogens is 394 g/mol. The molecule has 3 saturated heterocycles. The van der Waals surface area contributed by atoms with Crippen molar-refractivity contribution >= 4 is 11.8 Å². The molecule has 0 N–H and O–H groups in total. The van der Waals surface area contributed by atoms with Gasteiger partial charge in [0.2, 0.25) is 11.8 Å². The van der Waals surface area contributed by atoms with E-state index in [2.05, 4.69) is 15.0 Å². The summed E-state index contributed by atoms with van der Waals surface area (Å²) < 4.78 is 6.24. The zero-order valence-corrected chi connectivity index (χ0v) is 17.2. The zero-order chi connectivity index (χ0) is 21.2. The van der Waals surface area contributed by atoms with E-state index in [0.29, 0.717) is 32.1 Å². The van der Waals surface area contributed by atoms with Gasteiger partial charge in [-0.05, 0) is 18.6 Å². The summed E-state index contributed by atoms with van der Waals surface area (Å²) in [7, 11) is 0. The number of rotatable bonds is 4. The van der Waals surface area contributed by atoms with Crippen LogP contribution in [-0.2, 0) is 20.9 Å². The second-order valence-corrected chi connectivity index (χ2v) is 8.97. The summed E-state index contributed by atoms with van der Waals surface area (Å²) >= 11 is 0. The number of hydrogen-bond donors (Lipinski definition) is 0. The lowest BCUT2D eigenvalue weighted by molar-refractivity contribution is -0.146. The van der Waals surface area contributed by atoms with Crippen LogP contribution < -0.4 is 0 Å². The van der Waals surface area contributed by atoms with Crippen LogP contribution in [0.5, 0.6) is 0 Å². The third kappa shape index (κ3) is 2.81. The van der Waals surface area contributed by atoms with Crippen LogP contribution in [0.25, 0.3) is 0 Å². The van der Waals surface area contributed by atoms with Gasteiger partial charge in [0.15, 0.2) is 0 Å². The van der Waals surface area contributed by atoms with Gasteiger partial charge in [0, 0.05) is 37.6 Å². The molecule has 2 aromatic heterocycles. The summed E-state index contributed by atoms with van der Waals surface area (Å²) in [5, 5.41) is 0. The number of carbonyl (C=O) groups excluding carboxylic acids is 2. The highest BCUT2D eigenvalue weighted by molar-refractivity contribution is 5.93. The van der Waals surface area contributed by atoms with Crippen molar-refractivity contribution in [1.82, 2.24) is 24.8 Å². The summed E-state index contributed by atoms with van der Waals surface area (Å²) in [6.45, 7) is 4.02. The highest BCUT2D eigenvalue weighted by Gasteiger charge is 2.67. The minimum absolute atomic E-state index is 0.0201. The molecule has 4 atom stereocenters. The Morgan fingerprint density at radius 3 is 2.87 bits per heavy atom. The Kier molecular flexibility index (Phi) is 4.02. The Hall–Kier alpha value is -3.13. The number of aryl methyl sites for hydroxylation is 1. The molecule has 0 radical (unpaired) electrons. The number of fused-ring (bicyclic) bond motifs is 1. The summed E-state index contributed by atoms with van der Waals surface area (Å²) in [6, 6.07) is 3.96. The standard InChI is InChI=1S/C23H23N5O3/c1-14-7-26-17(9-25-14)12-28-13-23-5-4-18(31-23)19(20(23)22(28)30)21(29)27-10-16(11-27)15-3-2-6-24-8-15/h2-9,16,18-20H,10-13H2,1H3/t18-,19+,20+,23-/m0/s1. The predicted molar refractivity (Wildman–Crippen MR) is 109 cm³/mol. The molecule has 4 aliphatic heterocycles. The van der Waals surface area contributed by atoms with Crippen molar-refractivity contribution in [3.05, 3.63) is 66.0 Å². The molecule has 6 rings (SSSR count). The van der Waals surface area contributed by atoms with E-state index in [-0.39, 0.29) is 17.9 Å².